The molecule has 1 aliphatic carbocycles. The van der Waals surface area contributed by atoms with E-state index in [2.05, 4.69) is 24.2 Å². The molecule has 2 fully saturated rings. The number of nitrogens with zero attached hydrogens (tertiary/aromatic N) is 2. The van der Waals surface area contributed by atoms with Gasteiger partial charge < -0.3 is 15.0 Å². The second-order valence-corrected chi connectivity index (χ2v) is 7.22. The van der Waals surface area contributed by atoms with Crippen LogP contribution in [0.25, 0.3) is 0 Å². The number of rotatable bonds is 3. The van der Waals surface area contributed by atoms with E-state index in [4.69, 9.17) is 4.74 Å². The summed E-state index contributed by atoms with van der Waals surface area (Å²) < 4.78 is 19.2. The van der Waals surface area contributed by atoms with Crippen molar-refractivity contribution in [3.8, 4) is 0 Å². The van der Waals surface area contributed by atoms with Crippen molar-refractivity contribution in [3.63, 3.8) is 0 Å². The van der Waals surface area contributed by atoms with Crippen molar-refractivity contribution in [1.29, 1.82) is 0 Å². The number of nitrogens with one attached hydrogen (secondary N) is 1. The minimum absolute atomic E-state index is 0.108. The van der Waals surface area contributed by atoms with Gasteiger partial charge in [-0.1, -0.05) is 26.0 Å². The molecular weight excluding hydrogens is 293 g/mol. The van der Waals surface area contributed by atoms with Crippen LogP contribution < -0.4 is 5.32 Å². The van der Waals surface area contributed by atoms with Gasteiger partial charge in [0, 0.05) is 44.6 Å². The Morgan fingerprint density at radius 2 is 2.26 bits per heavy atom. The summed E-state index contributed by atoms with van der Waals surface area (Å²) in [7, 11) is 3.77. The topological polar surface area (TPSA) is 36.9 Å². The number of guanidine groups is 1. The van der Waals surface area contributed by atoms with Crippen molar-refractivity contribution < 1.29 is 9.13 Å². The van der Waals surface area contributed by atoms with Crippen LogP contribution in [0.3, 0.4) is 0 Å². The summed E-state index contributed by atoms with van der Waals surface area (Å²) in [6, 6.07) is 7.07. The Morgan fingerprint density at radius 3 is 2.96 bits per heavy atom. The van der Waals surface area contributed by atoms with Crippen LogP contribution in [0.4, 0.5) is 4.39 Å². The molecule has 3 rings (SSSR count). The zero-order valence-electron chi connectivity index (χ0n) is 14.3. The van der Waals surface area contributed by atoms with Crippen molar-refractivity contribution in [2.45, 2.75) is 39.0 Å². The summed E-state index contributed by atoms with van der Waals surface area (Å²) in [4.78, 5) is 6.44. The molecule has 0 radical (unpaired) electrons. The lowest BCUT2D eigenvalue weighted by molar-refractivity contribution is -0.107. The largest absolute Gasteiger partial charge is 0.377 e. The van der Waals surface area contributed by atoms with Gasteiger partial charge in [-0.25, -0.2) is 4.39 Å². The third-order valence-corrected chi connectivity index (χ3v) is 5.27. The molecule has 1 aromatic rings. The first-order valence-corrected chi connectivity index (χ1v) is 8.24. The third-order valence-electron chi connectivity index (χ3n) is 5.27. The average molecular weight is 319 g/mol. The van der Waals surface area contributed by atoms with Gasteiger partial charge in [-0.05, 0) is 24.1 Å². The highest BCUT2D eigenvalue weighted by Gasteiger charge is 2.59. The van der Waals surface area contributed by atoms with Crippen molar-refractivity contribution in [1.82, 2.24) is 10.2 Å². The highest BCUT2D eigenvalue weighted by Crippen LogP contribution is 2.52. The number of ether oxygens (including phenoxy) is 1. The lowest BCUT2D eigenvalue weighted by Crippen LogP contribution is -2.67. The SMILES string of the molecule is CN=C(NC1C2CCOC2C1(C)C)N(C)Cc1cccc(F)c1. The Kier molecular flexibility index (Phi) is 4.32. The van der Waals surface area contributed by atoms with Gasteiger partial charge in [0.05, 0.1) is 6.10 Å². The Morgan fingerprint density at radius 1 is 1.48 bits per heavy atom. The minimum Gasteiger partial charge on any atom is -0.377 e. The van der Waals surface area contributed by atoms with E-state index in [1.807, 2.05) is 18.0 Å². The molecule has 0 amide bonds. The van der Waals surface area contributed by atoms with Gasteiger partial charge in [0.25, 0.3) is 0 Å². The average Bonchev–Trinajstić information content (AvgIpc) is 2.94. The lowest BCUT2D eigenvalue weighted by Gasteiger charge is -2.55. The van der Waals surface area contributed by atoms with Gasteiger partial charge in [-0.15, -0.1) is 0 Å². The maximum Gasteiger partial charge on any atom is 0.193 e. The number of hydrogen-bond acceptors (Lipinski definition) is 2. The first-order chi connectivity index (χ1) is 10.9. The fourth-order valence-electron chi connectivity index (χ4n) is 4.09. The van der Waals surface area contributed by atoms with Crippen molar-refractivity contribution in [3.05, 3.63) is 35.6 Å². The van der Waals surface area contributed by atoms with Crippen molar-refractivity contribution >= 4 is 5.96 Å². The first-order valence-electron chi connectivity index (χ1n) is 8.24. The molecule has 1 aliphatic heterocycles. The van der Waals surface area contributed by atoms with Gasteiger partial charge in [-0.3, -0.25) is 4.99 Å². The summed E-state index contributed by atoms with van der Waals surface area (Å²) in [6.07, 6.45) is 1.46. The predicted molar refractivity (Wildman–Crippen MR) is 89.8 cm³/mol. The van der Waals surface area contributed by atoms with Crippen LogP contribution in [0.1, 0.15) is 25.8 Å². The maximum atomic E-state index is 13.3. The van der Waals surface area contributed by atoms with Gasteiger partial charge >= 0.3 is 0 Å². The van der Waals surface area contributed by atoms with Crippen LogP contribution in [0.15, 0.2) is 29.3 Å². The lowest BCUT2D eigenvalue weighted by atomic mass is 9.57. The van der Waals surface area contributed by atoms with Crippen LogP contribution in [-0.2, 0) is 11.3 Å². The standard InChI is InChI=1S/C18H26FN3O/c1-18(2)15(14-8-9-23-16(14)18)21-17(20-3)22(4)11-12-6-5-7-13(19)10-12/h5-7,10,14-16H,8-9,11H2,1-4H3,(H,20,21). The summed E-state index contributed by atoms with van der Waals surface area (Å²) >= 11 is 0. The molecule has 23 heavy (non-hydrogen) atoms. The Labute approximate surface area is 137 Å². The quantitative estimate of drug-likeness (QED) is 0.687. The van der Waals surface area contributed by atoms with Crippen molar-refractivity contribution in [2.75, 3.05) is 20.7 Å². The number of fused-ring (bicyclic) bond motifs is 1. The Bertz CT molecular complexity index is 602. The van der Waals surface area contributed by atoms with Crippen LogP contribution in [0.5, 0.6) is 0 Å². The number of aliphatic imine (C=N–C) groups is 1. The molecule has 1 saturated heterocycles. The summed E-state index contributed by atoms with van der Waals surface area (Å²) in [6.45, 7) is 5.97. The fourth-order valence-corrected chi connectivity index (χ4v) is 4.09. The zero-order valence-corrected chi connectivity index (χ0v) is 14.3. The van der Waals surface area contributed by atoms with E-state index < -0.39 is 0 Å². The molecule has 1 heterocycles. The smallest absolute Gasteiger partial charge is 0.193 e. The monoisotopic (exact) mass is 319 g/mol. The highest BCUT2D eigenvalue weighted by molar-refractivity contribution is 5.80. The van der Waals surface area contributed by atoms with E-state index in [0.29, 0.717) is 24.6 Å². The third kappa shape index (κ3) is 2.94. The normalized spacial score (nSPS) is 28.9. The van der Waals surface area contributed by atoms with E-state index in [0.717, 1.165) is 24.6 Å². The van der Waals surface area contributed by atoms with Crippen LogP contribution in [0.2, 0.25) is 0 Å². The molecule has 4 nitrogen and oxygen atoms in total. The molecule has 1 N–H and O–H groups in total. The molecule has 0 spiro atoms. The van der Waals surface area contributed by atoms with Gasteiger partial charge in [0.2, 0.25) is 0 Å². The second-order valence-electron chi connectivity index (χ2n) is 7.22. The summed E-state index contributed by atoms with van der Waals surface area (Å²) in [5.74, 6) is 1.20. The van der Waals surface area contributed by atoms with Crippen LogP contribution in [0, 0.1) is 17.2 Å². The van der Waals surface area contributed by atoms with E-state index in [1.54, 1.807) is 19.2 Å². The molecule has 1 aromatic carbocycles. The molecule has 1 saturated carbocycles. The first kappa shape index (κ1) is 16.2. The summed E-state index contributed by atoms with van der Waals surface area (Å²) in [5.41, 5.74) is 1.04. The van der Waals surface area contributed by atoms with E-state index >= 15 is 0 Å². The molecule has 0 bridgehead atoms. The molecule has 5 heteroatoms. The zero-order chi connectivity index (χ0) is 16.6. The molecule has 3 atom stereocenters. The Balaban J connectivity index is 1.66. The number of benzene rings is 1. The number of hydrogen-bond donors (Lipinski definition) is 1. The van der Waals surface area contributed by atoms with E-state index in [9.17, 15) is 4.39 Å². The summed E-state index contributed by atoms with van der Waals surface area (Å²) in [5, 5.41) is 3.60. The minimum atomic E-state index is -0.204. The molecule has 126 valence electrons. The Hall–Kier alpha value is -1.62. The second kappa shape index (κ2) is 6.11. The van der Waals surface area contributed by atoms with Gasteiger partial charge in [0.15, 0.2) is 5.96 Å². The van der Waals surface area contributed by atoms with Crippen LogP contribution in [-0.4, -0.2) is 43.7 Å². The van der Waals surface area contributed by atoms with Crippen molar-refractivity contribution in [2.24, 2.45) is 16.3 Å². The van der Waals surface area contributed by atoms with Gasteiger partial charge in [0.1, 0.15) is 5.82 Å². The maximum absolute atomic E-state index is 13.3. The molecular formula is C18H26FN3O. The molecule has 2 aliphatic rings. The predicted octanol–water partition coefficient (Wildman–Crippen LogP) is 2.65. The van der Waals surface area contributed by atoms with Crippen LogP contribution >= 0.6 is 0 Å². The highest BCUT2D eigenvalue weighted by atomic mass is 19.1. The van der Waals surface area contributed by atoms with E-state index in [-0.39, 0.29) is 11.2 Å². The number of halogens is 1. The molecule has 0 aromatic heterocycles. The van der Waals surface area contributed by atoms with Gasteiger partial charge in [-0.2, -0.15) is 0 Å². The molecule has 3 unspecified atom stereocenters. The van der Waals surface area contributed by atoms with E-state index in [1.165, 1.54) is 6.07 Å². The fraction of sp³-hybridized carbons (Fsp3) is 0.611.